The number of ether oxygens (including phenoxy) is 2. The standard InChI is InChI=1S/C19H29NO3/c21-18(10-15-4-2-1-3-5-15)20-9-8-19(14-20)11-17(13-23-19)22-12-16-6-7-16/h4,16-17H,1-3,5-14H2/t17-,19-/m0/s1. The molecule has 2 aliphatic carbocycles. The van der Waals surface area contributed by atoms with Crippen LogP contribution in [0.2, 0.25) is 0 Å². The minimum Gasteiger partial charge on any atom is -0.375 e. The summed E-state index contributed by atoms with van der Waals surface area (Å²) >= 11 is 0. The first-order chi connectivity index (χ1) is 11.2. The number of carbonyl (C=O) groups is 1. The highest BCUT2D eigenvalue weighted by Gasteiger charge is 2.47. The van der Waals surface area contributed by atoms with Gasteiger partial charge in [-0.1, -0.05) is 11.6 Å². The molecule has 2 aliphatic heterocycles. The number of likely N-dealkylation sites (tertiary alicyclic amines) is 1. The predicted molar refractivity (Wildman–Crippen MR) is 88.1 cm³/mol. The Morgan fingerprint density at radius 3 is 3.09 bits per heavy atom. The third kappa shape index (κ3) is 3.80. The van der Waals surface area contributed by atoms with Crippen LogP contribution in [0.15, 0.2) is 11.6 Å². The summed E-state index contributed by atoms with van der Waals surface area (Å²) in [5.74, 6) is 1.10. The average molecular weight is 319 g/mol. The van der Waals surface area contributed by atoms with Crippen LogP contribution in [-0.2, 0) is 14.3 Å². The lowest BCUT2D eigenvalue weighted by Gasteiger charge is -2.24. The Morgan fingerprint density at radius 2 is 2.30 bits per heavy atom. The molecule has 3 fully saturated rings. The molecule has 4 aliphatic rings. The van der Waals surface area contributed by atoms with Crippen molar-refractivity contribution in [3.8, 4) is 0 Å². The molecule has 0 radical (unpaired) electrons. The van der Waals surface area contributed by atoms with Crippen molar-refractivity contribution in [1.82, 2.24) is 4.90 Å². The number of carbonyl (C=O) groups excluding carboxylic acids is 1. The molecule has 128 valence electrons. The molecule has 1 saturated carbocycles. The van der Waals surface area contributed by atoms with Gasteiger partial charge in [-0.3, -0.25) is 4.79 Å². The van der Waals surface area contributed by atoms with Crippen LogP contribution in [-0.4, -0.2) is 48.8 Å². The van der Waals surface area contributed by atoms with Gasteiger partial charge in [0, 0.05) is 32.5 Å². The van der Waals surface area contributed by atoms with Crippen LogP contribution in [0, 0.1) is 5.92 Å². The van der Waals surface area contributed by atoms with E-state index in [1.165, 1.54) is 31.3 Å². The smallest absolute Gasteiger partial charge is 0.226 e. The van der Waals surface area contributed by atoms with Crippen molar-refractivity contribution in [1.29, 1.82) is 0 Å². The topological polar surface area (TPSA) is 38.8 Å². The molecule has 23 heavy (non-hydrogen) atoms. The lowest BCUT2D eigenvalue weighted by molar-refractivity contribution is -0.130. The summed E-state index contributed by atoms with van der Waals surface area (Å²) in [4.78, 5) is 14.6. The van der Waals surface area contributed by atoms with E-state index < -0.39 is 0 Å². The average Bonchev–Trinajstić information content (AvgIpc) is 3.18. The molecule has 4 heteroatoms. The molecule has 1 spiro atoms. The number of nitrogens with zero attached hydrogens (tertiary/aromatic N) is 1. The molecule has 0 bridgehead atoms. The van der Waals surface area contributed by atoms with Gasteiger partial charge in [0.05, 0.1) is 18.3 Å². The van der Waals surface area contributed by atoms with Crippen molar-refractivity contribution >= 4 is 5.91 Å². The summed E-state index contributed by atoms with van der Waals surface area (Å²) in [5, 5.41) is 0. The SMILES string of the molecule is O=C(CC1=CCCCC1)N1CC[C@]2(C[C@H](OCC3CC3)CO2)C1. The molecule has 2 atom stereocenters. The first-order valence-corrected chi connectivity index (χ1v) is 9.44. The Hall–Kier alpha value is -0.870. The minimum absolute atomic E-state index is 0.120. The van der Waals surface area contributed by atoms with E-state index in [9.17, 15) is 4.79 Å². The van der Waals surface area contributed by atoms with Crippen molar-refractivity contribution in [3.05, 3.63) is 11.6 Å². The van der Waals surface area contributed by atoms with Crippen molar-refractivity contribution in [2.75, 3.05) is 26.3 Å². The molecule has 0 aromatic rings. The molecule has 0 aromatic heterocycles. The molecular weight excluding hydrogens is 290 g/mol. The highest BCUT2D eigenvalue weighted by molar-refractivity contribution is 5.79. The van der Waals surface area contributed by atoms with E-state index in [0.29, 0.717) is 18.9 Å². The minimum atomic E-state index is -0.120. The highest BCUT2D eigenvalue weighted by Crippen LogP contribution is 2.38. The Balaban J connectivity index is 1.26. The zero-order valence-corrected chi connectivity index (χ0v) is 14.1. The van der Waals surface area contributed by atoms with Gasteiger partial charge < -0.3 is 14.4 Å². The number of hydrogen-bond donors (Lipinski definition) is 0. The zero-order valence-electron chi connectivity index (χ0n) is 14.1. The molecule has 0 aromatic carbocycles. The lowest BCUT2D eigenvalue weighted by atomic mass is 9.96. The van der Waals surface area contributed by atoms with Crippen molar-refractivity contribution in [3.63, 3.8) is 0 Å². The molecule has 2 saturated heterocycles. The van der Waals surface area contributed by atoms with Crippen LogP contribution in [0.5, 0.6) is 0 Å². The largest absolute Gasteiger partial charge is 0.375 e. The lowest BCUT2D eigenvalue weighted by Crippen LogP contribution is -2.36. The van der Waals surface area contributed by atoms with E-state index in [4.69, 9.17) is 9.47 Å². The second-order valence-electron chi connectivity index (χ2n) is 7.95. The molecule has 4 nitrogen and oxygen atoms in total. The fraction of sp³-hybridized carbons (Fsp3) is 0.842. The van der Waals surface area contributed by atoms with Crippen LogP contribution in [0.1, 0.15) is 57.8 Å². The van der Waals surface area contributed by atoms with E-state index in [2.05, 4.69) is 6.08 Å². The molecule has 0 N–H and O–H groups in total. The van der Waals surface area contributed by atoms with Gasteiger partial charge in [0.15, 0.2) is 0 Å². The normalized spacial score (nSPS) is 34.2. The quantitative estimate of drug-likeness (QED) is 0.731. The molecule has 0 unspecified atom stereocenters. The van der Waals surface area contributed by atoms with Gasteiger partial charge in [-0.15, -0.1) is 0 Å². The summed E-state index contributed by atoms with van der Waals surface area (Å²) in [7, 11) is 0. The second-order valence-corrected chi connectivity index (χ2v) is 7.95. The monoisotopic (exact) mass is 319 g/mol. The fourth-order valence-corrected chi connectivity index (χ4v) is 4.18. The van der Waals surface area contributed by atoms with E-state index in [-0.39, 0.29) is 11.7 Å². The maximum absolute atomic E-state index is 12.6. The van der Waals surface area contributed by atoms with Crippen LogP contribution < -0.4 is 0 Å². The summed E-state index contributed by atoms with van der Waals surface area (Å²) in [6.45, 7) is 3.23. The van der Waals surface area contributed by atoms with Crippen LogP contribution in [0.4, 0.5) is 0 Å². The summed E-state index contributed by atoms with van der Waals surface area (Å²) in [5.41, 5.74) is 1.23. The van der Waals surface area contributed by atoms with Gasteiger partial charge in [-0.25, -0.2) is 0 Å². The number of hydrogen-bond acceptors (Lipinski definition) is 3. The molecule has 2 heterocycles. The Labute approximate surface area is 139 Å². The van der Waals surface area contributed by atoms with Crippen LogP contribution >= 0.6 is 0 Å². The van der Waals surface area contributed by atoms with E-state index in [1.807, 2.05) is 4.90 Å². The predicted octanol–water partition coefficient (Wildman–Crippen LogP) is 3.06. The maximum Gasteiger partial charge on any atom is 0.226 e. The summed E-state index contributed by atoms with van der Waals surface area (Å²) in [6, 6.07) is 0. The maximum atomic E-state index is 12.6. The zero-order chi connectivity index (χ0) is 15.7. The van der Waals surface area contributed by atoms with Crippen molar-refractivity contribution < 1.29 is 14.3 Å². The highest BCUT2D eigenvalue weighted by atomic mass is 16.6. The van der Waals surface area contributed by atoms with Gasteiger partial charge in [-0.2, -0.15) is 0 Å². The van der Waals surface area contributed by atoms with Gasteiger partial charge in [0.25, 0.3) is 0 Å². The van der Waals surface area contributed by atoms with Gasteiger partial charge in [-0.05, 0) is 50.9 Å². The fourth-order valence-electron chi connectivity index (χ4n) is 4.18. The molecule has 4 rings (SSSR count). The third-order valence-corrected chi connectivity index (χ3v) is 5.87. The first kappa shape index (κ1) is 15.6. The van der Waals surface area contributed by atoms with Crippen LogP contribution in [0.3, 0.4) is 0 Å². The van der Waals surface area contributed by atoms with Gasteiger partial charge >= 0.3 is 0 Å². The molecular formula is C19H29NO3. The number of rotatable bonds is 5. The van der Waals surface area contributed by atoms with Gasteiger partial charge in [0.1, 0.15) is 0 Å². The Morgan fingerprint density at radius 1 is 1.39 bits per heavy atom. The third-order valence-electron chi connectivity index (χ3n) is 5.87. The molecule has 1 amide bonds. The van der Waals surface area contributed by atoms with Crippen LogP contribution in [0.25, 0.3) is 0 Å². The number of amides is 1. The van der Waals surface area contributed by atoms with E-state index in [1.54, 1.807) is 0 Å². The van der Waals surface area contributed by atoms with E-state index in [0.717, 1.165) is 51.3 Å². The summed E-state index contributed by atoms with van der Waals surface area (Å²) < 4.78 is 12.1. The van der Waals surface area contributed by atoms with Crippen molar-refractivity contribution in [2.24, 2.45) is 5.92 Å². The number of allylic oxidation sites excluding steroid dienone is 1. The Kier molecular flexibility index (Phi) is 4.46. The first-order valence-electron chi connectivity index (χ1n) is 9.44. The van der Waals surface area contributed by atoms with E-state index >= 15 is 0 Å². The van der Waals surface area contributed by atoms with Gasteiger partial charge in [0.2, 0.25) is 5.91 Å². The second kappa shape index (κ2) is 6.56. The summed E-state index contributed by atoms with van der Waals surface area (Å²) in [6.07, 6.45) is 12.5. The Bertz CT molecular complexity index is 485. The van der Waals surface area contributed by atoms with Crippen molar-refractivity contribution in [2.45, 2.75) is 69.5 Å².